The van der Waals surface area contributed by atoms with Crippen molar-refractivity contribution in [3.63, 3.8) is 0 Å². The van der Waals surface area contributed by atoms with Gasteiger partial charge in [-0.1, -0.05) is 29.3 Å². The largest absolute Gasteiger partial charge is 0.402 e. The Morgan fingerprint density at radius 1 is 1.17 bits per heavy atom. The summed E-state index contributed by atoms with van der Waals surface area (Å²) >= 11 is 14.2. The third-order valence-electron chi connectivity index (χ3n) is 3.06. The standard InChI is InChI=1S/C16H7Cl2FINO2/c17-11-2-1-3-13(19)9(11)7-14-16(22)23-15(21-14)10-6-8(20)4-5-12(10)18/h1-7H/b14-7-. The second kappa shape index (κ2) is 6.59. The maximum atomic E-state index is 13.8. The Labute approximate surface area is 154 Å². The lowest BCUT2D eigenvalue weighted by atomic mass is 10.2. The van der Waals surface area contributed by atoms with Gasteiger partial charge in [-0.2, -0.15) is 0 Å². The predicted molar refractivity (Wildman–Crippen MR) is 96.2 cm³/mol. The zero-order valence-electron chi connectivity index (χ0n) is 11.3. The number of carbonyl (C=O) groups excluding carboxylic acids is 1. The number of ether oxygens (including phenoxy) is 1. The number of cyclic esters (lactones) is 1. The van der Waals surface area contributed by atoms with E-state index < -0.39 is 11.8 Å². The Morgan fingerprint density at radius 3 is 2.70 bits per heavy atom. The molecule has 0 bridgehead atoms. The topological polar surface area (TPSA) is 38.7 Å². The predicted octanol–water partition coefficient (Wildman–Crippen LogP) is 5.08. The zero-order valence-corrected chi connectivity index (χ0v) is 15.0. The molecule has 2 aromatic carbocycles. The molecule has 23 heavy (non-hydrogen) atoms. The van der Waals surface area contributed by atoms with Gasteiger partial charge in [-0.3, -0.25) is 0 Å². The molecule has 0 saturated heterocycles. The first-order valence-electron chi connectivity index (χ1n) is 6.37. The van der Waals surface area contributed by atoms with Crippen LogP contribution in [0.3, 0.4) is 0 Å². The molecule has 0 unspecified atom stereocenters. The molecule has 7 heteroatoms. The first kappa shape index (κ1) is 16.4. The van der Waals surface area contributed by atoms with Crippen molar-refractivity contribution in [3.05, 3.63) is 72.7 Å². The molecule has 0 N–H and O–H groups in total. The molecule has 0 aliphatic carbocycles. The van der Waals surface area contributed by atoms with Crippen LogP contribution in [0.15, 0.2) is 47.1 Å². The molecular formula is C16H7Cl2FINO2. The van der Waals surface area contributed by atoms with Gasteiger partial charge in [0.05, 0.1) is 15.6 Å². The summed E-state index contributed by atoms with van der Waals surface area (Å²) in [5.41, 5.74) is 0.539. The average Bonchev–Trinajstić information content (AvgIpc) is 2.86. The molecule has 3 nitrogen and oxygen atoms in total. The molecule has 0 aromatic heterocycles. The molecular weight excluding hydrogens is 455 g/mol. The van der Waals surface area contributed by atoms with Gasteiger partial charge in [0.2, 0.25) is 5.90 Å². The van der Waals surface area contributed by atoms with E-state index in [2.05, 4.69) is 27.6 Å². The Bertz CT molecular complexity index is 860. The van der Waals surface area contributed by atoms with E-state index in [0.717, 1.165) is 3.57 Å². The molecule has 0 fully saturated rings. The molecule has 1 aliphatic rings. The summed E-state index contributed by atoms with van der Waals surface area (Å²) in [7, 11) is 0. The summed E-state index contributed by atoms with van der Waals surface area (Å²) in [6.45, 7) is 0. The number of halogens is 4. The van der Waals surface area contributed by atoms with Crippen LogP contribution < -0.4 is 0 Å². The van der Waals surface area contributed by atoms with Gasteiger partial charge in [-0.05, 0) is 59.0 Å². The summed E-state index contributed by atoms with van der Waals surface area (Å²) in [6, 6.07) is 9.50. The average molecular weight is 462 g/mol. The monoisotopic (exact) mass is 461 g/mol. The van der Waals surface area contributed by atoms with Crippen LogP contribution in [0.25, 0.3) is 6.08 Å². The Kier molecular flexibility index (Phi) is 4.70. The number of esters is 1. The van der Waals surface area contributed by atoms with E-state index in [1.54, 1.807) is 12.1 Å². The van der Waals surface area contributed by atoms with Crippen molar-refractivity contribution in [2.24, 2.45) is 4.99 Å². The lowest BCUT2D eigenvalue weighted by molar-refractivity contribution is -0.129. The highest BCUT2D eigenvalue weighted by Gasteiger charge is 2.26. The smallest absolute Gasteiger partial charge is 0.363 e. The summed E-state index contributed by atoms with van der Waals surface area (Å²) in [4.78, 5) is 16.1. The van der Waals surface area contributed by atoms with E-state index in [0.29, 0.717) is 10.6 Å². The van der Waals surface area contributed by atoms with Gasteiger partial charge in [0.15, 0.2) is 5.70 Å². The van der Waals surface area contributed by atoms with Crippen LogP contribution in [-0.2, 0) is 9.53 Å². The second-order valence-electron chi connectivity index (χ2n) is 4.60. The maximum absolute atomic E-state index is 13.8. The number of carbonyl (C=O) groups is 1. The van der Waals surface area contributed by atoms with Crippen molar-refractivity contribution in [1.29, 1.82) is 0 Å². The SMILES string of the molecule is O=C1OC(c2cc(I)ccc2Cl)=N/C1=C\c1c(F)cccc1Cl. The van der Waals surface area contributed by atoms with E-state index in [-0.39, 0.29) is 22.2 Å². The minimum atomic E-state index is -0.686. The van der Waals surface area contributed by atoms with Crippen LogP contribution >= 0.6 is 45.8 Å². The van der Waals surface area contributed by atoms with E-state index in [1.165, 1.54) is 24.3 Å². The summed E-state index contributed by atoms with van der Waals surface area (Å²) in [5.74, 6) is -1.15. The van der Waals surface area contributed by atoms with Gasteiger partial charge < -0.3 is 4.74 Å². The molecule has 0 spiro atoms. The molecule has 0 amide bonds. The van der Waals surface area contributed by atoms with Crippen molar-refractivity contribution in [2.75, 3.05) is 0 Å². The quantitative estimate of drug-likeness (QED) is 0.355. The number of hydrogen-bond donors (Lipinski definition) is 0. The molecule has 0 atom stereocenters. The van der Waals surface area contributed by atoms with Crippen LogP contribution in [-0.4, -0.2) is 11.9 Å². The summed E-state index contributed by atoms with van der Waals surface area (Å²) in [6.07, 6.45) is 1.26. The van der Waals surface area contributed by atoms with Crippen LogP contribution in [0.2, 0.25) is 10.0 Å². The molecule has 0 saturated carbocycles. The van der Waals surface area contributed by atoms with Crippen LogP contribution in [0.1, 0.15) is 11.1 Å². The van der Waals surface area contributed by atoms with E-state index >= 15 is 0 Å². The molecule has 1 heterocycles. The minimum Gasteiger partial charge on any atom is -0.402 e. The molecule has 1 aliphatic heterocycles. The van der Waals surface area contributed by atoms with Gasteiger partial charge in [0, 0.05) is 9.13 Å². The fraction of sp³-hybridized carbons (Fsp3) is 0. The van der Waals surface area contributed by atoms with Gasteiger partial charge in [0.1, 0.15) is 5.82 Å². The highest BCUT2D eigenvalue weighted by atomic mass is 127. The number of nitrogens with zero attached hydrogens (tertiary/aromatic N) is 1. The van der Waals surface area contributed by atoms with Crippen LogP contribution in [0, 0.1) is 9.39 Å². The van der Waals surface area contributed by atoms with Crippen molar-refractivity contribution >= 4 is 63.7 Å². The molecule has 2 aromatic rings. The van der Waals surface area contributed by atoms with Crippen LogP contribution in [0.5, 0.6) is 0 Å². The van der Waals surface area contributed by atoms with Gasteiger partial charge in [-0.25, -0.2) is 14.2 Å². The first-order valence-corrected chi connectivity index (χ1v) is 8.21. The third kappa shape index (κ3) is 3.41. The highest BCUT2D eigenvalue weighted by molar-refractivity contribution is 14.1. The van der Waals surface area contributed by atoms with E-state index in [4.69, 9.17) is 27.9 Å². The Balaban J connectivity index is 2.05. The highest BCUT2D eigenvalue weighted by Crippen LogP contribution is 2.27. The fourth-order valence-electron chi connectivity index (χ4n) is 1.97. The Hall–Kier alpha value is -1.44. The molecule has 0 radical (unpaired) electrons. The minimum absolute atomic E-state index is 0.0399. The van der Waals surface area contributed by atoms with Gasteiger partial charge >= 0.3 is 5.97 Å². The fourth-order valence-corrected chi connectivity index (χ4v) is 2.88. The van der Waals surface area contributed by atoms with Crippen molar-refractivity contribution < 1.29 is 13.9 Å². The number of aliphatic imine (C=N–C) groups is 1. The number of rotatable bonds is 2. The van der Waals surface area contributed by atoms with Gasteiger partial charge in [0.25, 0.3) is 0 Å². The van der Waals surface area contributed by atoms with E-state index in [1.807, 2.05) is 6.07 Å². The number of benzene rings is 2. The van der Waals surface area contributed by atoms with Crippen molar-refractivity contribution in [2.45, 2.75) is 0 Å². The molecule has 116 valence electrons. The van der Waals surface area contributed by atoms with E-state index in [9.17, 15) is 9.18 Å². The lowest BCUT2D eigenvalue weighted by Gasteiger charge is -2.02. The van der Waals surface area contributed by atoms with Gasteiger partial charge in [-0.15, -0.1) is 0 Å². The van der Waals surface area contributed by atoms with Crippen molar-refractivity contribution in [1.82, 2.24) is 0 Å². The van der Waals surface area contributed by atoms with Crippen molar-refractivity contribution in [3.8, 4) is 0 Å². The Morgan fingerprint density at radius 2 is 1.96 bits per heavy atom. The van der Waals surface area contributed by atoms with Crippen LogP contribution in [0.4, 0.5) is 4.39 Å². The third-order valence-corrected chi connectivity index (χ3v) is 4.39. The molecule has 3 rings (SSSR count). The lowest BCUT2D eigenvalue weighted by Crippen LogP contribution is -2.06. The summed E-state index contributed by atoms with van der Waals surface area (Å²) in [5, 5.41) is 0.586. The number of hydrogen-bond acceptors (Lipinski definition) is 3. The summed E-state index contributed by atoms with van der Waals surface area (Å²) < 4.78 is 19.9. The second-order valence-corrected chi connectivity index (χ2v) is 6.66. The maximum Gasteiger partial charge on any atom is 0.363 e. The normalized spacial score (nSPS) is 15.7. The zero-order chi connectivity index (χ0) is 16.6. The first-order chi connectivity index (χ1) is 11.0.